The smallest absolute Gasteiger partial charge is 0.490 e. The van der Waals surface area contributed by atoms with Crippen LogP contribution in [0.15, 0.2) is 48.5 Å². The standard InChI is InChI=1S/C24H31ClN6O2.2C2HF3O2/c1-24(32,17-33-22-5-3-2-4-19(22)14-23-27-29-30-28-23)16-26-21-10-12-31(13-11-21)15-18-6-8-20(25)9-7-18;2*3-2(4,5)1(6)7/h2-9,21,26,32H,10-17H2,1H3,(H,27,28,29,30);2*(H,6,7)/t24-;;/m0../s1. The zero-order valence-electron chi connectivity index (χ0n) is 24.9. The van der Waals surface area contributed by atoms with Gasteiger partial charge in [0.25, 0.3) is 0 Å². The van der Waals surface area contributed by atoms with Crippen LogP contribution in [0.25, 0.3) is 0 Å². The van der Waals surface area contributed by atoms with Crippen LogP contribution in [-0.4, -0.2) is 103 Å². The molecular formula is C28H33ClF6N6O6. The van der Waals surface area contributed by atoms with Crippen LogP contribution in [0.5, 0.6) is 5.75 Å². The number of alkyl halides is 6. The molecule has 47 heavy (non-hydrogen) atoms. The molecule has 2 heterocycles. The van der Waals surface area contributed by atoms with E-state index in [4.69, 9.17) is 36.1 Å². The number of aliphatic carboxylic acids is 2. The van der Waals surface area contributed by atoms with Crippen molar-refractivity contribution in [3.8, 4) is 5.75 Å². The minimum atomic E-state index is -5.08. The van der Waals surface area contributed by atoms with Gasteiger partial charge in [-0.25, -0.2) is 9.59 Å². The van der Waals surface area contributed by atoms with Crippen LogP contribution in [0, 0.1) is 0 Å². The minimum Gasteiger partial charge on any atom is -0.490 e. The minimum absolute atomic E-state index is 0.193. The fraction of sp³-hybridized carbons (Fsp3) is 0.464. The fourth-order valence-electron chi connectivity index (χ4n) is 4.01. The number of hydrogen-bond acceptors (Lipinski definition) is 9. The Bertz CT molecular complexity index is 1360. The second-order valence-electron chi connectivity index (χ2n) is 10.6. The maximum Gasteiger partial charge on any atom is 0.490 e. The lowest BCUT2D eigenvalue weighted by atomic mass is 10.0. The zero-order chi connectivity index (χ0) is 35.3. The van der Waals surface area contributed by atoms with E-state index in [1.54, 1.807) is 6.92 Å². The average molecular weight is 699 g/mol. The van der Waals surface area contributed by atoms with Crippen molar-refractivity contribution in [3.63, 3.8) is 0 Å². The molecule has 0 radical (unpaired) electrons. The number of H-pyrrole nitrogens is 1. The number of hydrogen-bond donors (Lipinski definition) is 5. The van der Waals surface area contributed by atoms with Gasteiger partial charge in [-0.3, -0.25) is 4.90 Å². The van der Waals surface area contributed by atoms with Gasteiger partial charge in [-0.05, 0) is 56.6 Å². The number of nitrogens with one attached hydrogen (secondary N) is 2. The number of rotatable bonds is 10. The number of ether oxygens (including phenoxy) is 1. The number of carbonyl (C=O) groups is 2. The van der Waals surface area contributed by atoms with Crippen molar-refractivity contribution in [2.24, 2.45) is 0 Å². The molecule has 5 N–H and O–H groups in total. The predicted octanol–water partition coefficient (Wildman–Crippen LogP) is 4.09. The summed E-state index contributed by atoms with van der Waals surface area (Å²) in [5, 5.41) is 43.5. The molecule has 0 bridgehead atoms. The van der Waals surface area contributed by atoms with Crippen LogP contribution in [0.1, 0.15) is 36.7 Å². The Labute approximate surface area is 269 Å². The Morgan fingerprint density at radius 2 is 1.55 bits per heavy atom. The molecule has 1 aromatic heterocycles. The molecule has 0 amide bonds. The van der Waals surface area contributed by atoms with Crippen LogP contribution in [-0.2, 0) is 22.6 Å². The maximum absolute atomic E-state index is 10.9. The largest absolute Gasteiger partial charge is 0.490 e. The molecule has 1 saturated heterocycles. The molecule has 0 aliphatic carbocycles. The SMILES string of the molecule is C[C@](O)(CNC1CCN(Cc2ccc(Cl)cc2)CC1)COc1ccccc1Cc1nn[nH]n1.O=C(O)C(F)(F)F.O=C(O)C(F)(F)F. The monoisotopic (exact) mass is 698 g/mol. The Balaban J connectivity index is 0.000000459. The molecular weight excluding hydrogens is 666 g/mol. The molecule has 4 rings (SSSR count). The molecule has 0 spiro atoms. The molecule has 2 aromatic carbocycles. The van der Waals surface area contributed by atoms with Crippen LogP contribution in [0.3, 0.4) is 0 Å². The molecule has 0 unspecified atom stereocenters. The number of aromatic amines is 1. The Morgan fingerprint density at radius 3 is 2.06 bits per heavy atom. The van der Waals surface area contributed by atoms with Gasteiger partial charge >= 0.3 is 24.3 Å². The first-order chi connectivity index (χ1) is 21.9. The molecule has 1 fully saturated rings. The molecule has 3 aromatic rings. The van der Waals surface area contributed by atoms with Crippen molar-refractivity contribution < 1.29 is 56.0 Å². The summed E-state index contributed by atoms with van der Waals surface area (Å²) < 4.78 is 69.5. The van der Waals surface area contributed by atoms with Gasteiger partial charge < -0.3 is 25.4 Å². The molecule has 12 nitrogen and oxygen atoms in total. The molecule has 260 valence electrons. The summed E-state index contributed by atoms with van der Waals surface area (Å²) >= 11 is 5.98. The van der Waals surface area contributed by atoms with E-state index in [-0.39, 0.29) is 6.61 Å². The molecule has 1 aliphatic heterocycles. The van der Waals surface area contributed by atoms with E-state index in [9.17, 15) is 31.4 Å². The number of carboxylic acid groups (broad SMARTS) is 2. The first-order valence-corrected chi connectivity index (χ1v) is 14.2. The summed E-state index contributed by atoms with van der Waals surface area (Å²) in [5.74, 6) is -4.19. The lowest BCUT2D eigenvalue weighted by Crippen LogP contribution is -2.49. The summed E-state index contributed by atoms with van der Waals surface area (Å²) in [7, 11) is 0. The third-order valence-electron chi connectivity index (χ3n) is 6.41. The number of aliphatic hydroxyl groups is 1. The van der Waals surface area contributed by atoms with E-state index in [1.807, 2.05) is 36.4 Å². The summed E-state index contributed by atoms with van der Waals surface area (Å²) in [6.45, 7) is 5.47. The highest BCUT2D eigenvalue weighted by molar-refractivity contribution is 6.30. The van der Waals surface area contributed by atoms with Crippen molar-refractivity contribution in [1.82, 2.24) is 30.8 Å². The Hall–Kier alpha value is -4.00. The third-order valence-corrected chi connectivity index (χ3v) is 6.66. The van der Waals surface area contributed by atoms with Gasteiger partial charge in [-0.1, -0.05) is 47.1 Å². The number of carboxylic acids is 2. The Morgan fingerprint density at radius 1 is 1.00 bits per heavy atom. The van der Waals surface area contributed by atoms with Crippen molar-refractivity contribution >= 4 is 23.5 Å². The van der Waals surface area contributed by atoms with Gasteiger partial charge in [0.15, 0.2) is 5.82 Å². The van der Waals surface area contributed by atoms with E-state index in [0.29, 0.717) is 24.8 Å². The summed E-state index contributed by atoms with van der Waals surface area (Å²) in [4.78, 5) is 20.3. The van der Waals surface area contributed by atoms with Crippen LogP contribution in [0.4, 0.5) is 26.3 Å². The lowest BCUT2D eigenvalue weighted by molar-refractivity contribution is -0.193. The summed E-state index contributed by atoms with van der Waals surface area (Å²) in [5.41, 5.74) is 1.25. The number of para-hydroxylation sites is 1. The number of halogens is 7. The quantitative estimate of drug-likeness (QED) is 0.193. The fourth-order valence-corrected chi connectivity index (χ4v) is 4.14. The first-order valence-electron chi connectivity index (χ1n) is 13.8. The van der Waals surface area contributed by atoms with Gasteiger partial charge in [0.05, 0.1) is 0 Å². The number of nitrogens with zero attached hydrogens (tertiary/aromatic N) is 4. The van der Waals surface area contributed by atoms with E-state index in [1.165, 1.54) is 5.56 Å². The van der Waals surface area contributed by atoms with Gasteiger partial charge in [0.1, 0.15) is 18.0 Å². The lowest BCUT2D eigenvalue weighted by Gasteiger charge is -2.34. The Kier molecular flexibility index (Phi) is 14.8. The highest BCUT2D eigenvalue weighted by Crippen LogP contribution is 2.22. The molecule has 1 atom stereocenters. The van der Waals surface area contributed by atoms with Gasteiger partial charge in [-0.15, -0.1) is 10.2 Å². The van der Waals surface area contributed by atoms with E-state index >= 15 is 0 Å². The molecule has 0 saturated carbocycles. The first kappa shape index (κ1) is 39.2. The number of tetrazole rings is 1. The second kappa shape index (κ2) is 17.8. The van der Waals surface area contributed by atoms with Crippen molar-refractivity contribution in [2.45, 2.75) is 56.7 Å². The van der Waals surface area contributed by atoms with Gasteiger partial charge in [0.2, 0.25) is 0 Å². The van der Waals surface area contributed by atoms with Crippen molar-refractivity contribution in [1.29, 1.82) is 0 Å². The van der Waals surface area contributed by atoms with E-state index < -0.39 is 29.9 Å². The summed E-state index contributed by atoms with van der Waals surface area (Å²) in [6, 6.07) is 16.2. The van der Waals surface area contributed by atoms with Gasteiger partial charge in [-0.2, -0.15) is 31.6 Å². The third kappa shape index (κ3) is 15.4. The van der Waals surface area contributed by atoms with E-state index in [0.717, 1.165) is 48.8 Å². The number of piperidine rings is 1. The van der Waals surface area contributed by atoms with Crippen LogP contribution in [0.2, 0.25) is 5.02 Å². The molecule has 19 heteroatoms. The number of benzene rings is 2. The topological polar surface area (TPSA) is 174 Å². The summed E-state index contributed by atoms with van der Waals surface area (Å²) in [6.07, 6.45) is -7.54. The number of likely N-dealkylation sites (tertiary alicyclic amines) is 1. The molecule has 1 aliphatic rings. The maximum atomic E-state index is 10.9. The predicted molar refractivity (Wildman–Crippen MR) is 155 cm³/mol. The highest BCUT2D eigenvalue weighted by atomic mass is 35.5. The second-order valence-corrected chi connectivity index (χ2v) is 11.0. The zero-order valence-corrected chi connectivity index (χ0v) is 25.6. The number of aromatic nitrogens is 4. The van der Waals surface area contributed by atoms with Gasteiger partial charge in [0, 0.05) is 36.1 Å². The van der Waals surface area contributed by atoms with Crippen LogP contribution >= 0.6 is 11.6 Å². The van der Waals surface area contributed by atoms with E-state index in [2.05, 4.69) is 43.0 Å². The highest BCUT2D eigenvalue weighted by Gasteiger charge is 2.39. The van der Waals surface area contributed by atoms with Crippen LogP contribution < -0.4 is 10.1 Å². The normalized spacial score (nSPS) is 15.3. The average Bonchev–Trinajstić information content (AvgIpc) is 3.50. The van der Waals surface area contributed by atoms with Crippen molar-refractivity contribution in [3.05, 3.63) is 70.5 Å². The van der Waals surface area contributed by atoms with Crippen molar-refractivity contribution in [2.75, 3.05) is 26.2 Å².